The zero-order chi connectivity index (χ0) is 13.6. The molecule has 2 aliphatic rings. The maximum Gasteiger partial charge on any atom is 0.168 e. The molecule has 2 rings (SSSR count). The van der Waals surface area contributed by atoms with E-state index in [0.717, 1.165) is 65.1 Å². The van der Waals surface area contributed by atoms with Crippen LogP contribution in [-0.2, 0) is 14.2 Å². The molecule has 1 heterocycles. The Morgan fingerprint density at radius 1 is 1.21 bits per heavy atom. The van der Waals surface area contributed by atoms with Crippen molar-refractivity contribution in [1.82, 2.24) is 5.32 Å². The standard InChI is InChI=1S/C15H29NO3/c1-13(2)12-17-9-3-8-16-14-4-6-15(7-5-14)18-10-11-19-15/h13-14,16H,3-12H2,1-2H3. The van der Waals surface area contributed by atoms with Crippen molar-refractivity contribution >= 4 is 0 Å². The molecular formula is C15H29NO3. The molecule has 4 nitrogen and oxygen atoms in total. The van der Waals surface area contributed by atoms with Gasteiger partial charge in [-0.3, -0.25) is 0 Å². The highest BCUT2D eigenvalue weighted by molar-refractivity contribution is 4.85. The molecule has 1 saturated heterocycles. The van der Waals surface area contributed by atoms with Crippen LogP contribution in [0, 0.1) is 5.92 Å². The largest absolute Gasteiger partial charge is 0.381 e. The summed E-state index contributed by atoms with van der Waals surface area (Å²) in [4.78, 5) is 0. The minimum Gasteiger partial charge on any atom is -0.381 e. The first-order valence-corrected chi connectivity index (χ1v) is 7.79. The lowest BCUT2D eigenvalue weighted by Crippen LogP contribution is -2.42. The van der Waals surface area contributed by atoms with Crippen LogP contribution in [0.2, 0.25) is 0 Å². The zero-order valence-electron chi connectivity index (χ0n) is 12.5. The summed E-state index contributed by atoms with van der Waals surface area (Å²) in [7, 11) is 0. The molecule has 1 N–H and O–H groups in total. The Hall–Kier alpha value is -0.160. The van der Waals surface area contributed by atoms with E-state index in [1.165, 1.54) is 0 Å². The van der Waals surface area contributed by atoms with E-state index in [4.69, 9.17) is 14.2 Å². The summed E-state index contributed by atoms with van der Waals surface area (Å²) in [5, 5.41) is 3.62. The third-order valence-electron chi connectivity index (χ3n) is 3.91. The molecule has 19 heavy (non-hydrogen) atoms. The van der Waals surface area contributed by atoms with Gasteiger partial charge in [-0.2, -0.15) is 0 Å². The van der Waals surface area contributed by atoms with E-state index in [2.05, 4.69) is 19.2 Å². The summed E-state index contributed by atoms with van der Waals surface area (Å²) in [6.07, 6.45) is 5.49. The summed E-state index contributed by atoms with van der Waals surface area (Å²) in [6.45, 7) is 8.70. The monoisotopic (exact) mass is 271 g/mol. The number of hydrogen-bond donors (Lipinski definition) is 1. The molecule has 0 atom stereocenters. The third-order valence-corrected chi connectivity index (χ3v) is 3.91. The van der Waals surface area contributed by atoms with Gasteiger partial charge < -0.3 is 19.5 Å². The Bertz CT molecular complexity index is 242. The van der Waals surface area contributed by atoms with Gasteiger partial charge in [0, 0.05) is 32.1 Å². The Morgan fingerprint density at radius 3 is 2.53 bits per heavy atom. The Morgan fingerprint density at radius 2 is 1.89 bits per heavy atom. The van der Waals surface area contributed by atoms with Gasteiger partial charge in [0.05, 0.1) is 13.2 Å². The van der Waals surface area contributed by atoms with Crippen molar-refractivity contribution in [1.29, 1.82) is 0 Å². The summed E-state index contributed by atoms with van der Waals surface area (Å²) in [6, 6.07) is 0.628. The van der Waals surface area contributed by atoms with E-state index in [9.17, 15) is 0 Å². The first-order valence-electron chi connectivity index (χ1n) is 7.79. The van der Waals surface area contributed by atoms with Crippen molar-refractivity contribution in [3.63, 3.8) is 0 Å². The Labute approximate surface area is 117 Å². The van der Waals surface area contributed by atoms with Crippen LogP contribution in [0.1, 0.15) is 46.0 Å². The number of ether oxygens (including phenoxy) is 3. The number of nitrogens with one attached hydrogen (secondary N) is 1. The molecule has 0 unspecified atom stereocenters. The van der Waals surface area contributed by atoms with E-state index in [1.807, 2.05) is 0 Å². The average molecular weight is 271 g/mol. The van der Waals surface area contributed by atoms with Crippen LogP contribution in [0.4, 0.5) is 0 Å². The molecular weight excluding hydrogens is 242 g/mol. The van der Waals surface area contributed by atoms with E-state index in [1.54, 1.807) is 0 Å². The molecule has 1 aliphatic heterocycles. The highest BCUT2D eigenvalue weighted by Crippen LogP contribution is 2.35. The van der Waals surface area contributed by atoms with E-state index in [0.29, 0.717) is 12.0 Å². The van der Waals surface area contributed by atoms with Crippen molar-refractivity contribution in [3.8, 4) is 0 Å². The van der Waals surface area contributed by atoms with Crippen molar-refractivity contribution in [2.24, 2.45) is 5.92 Å². The minimum atomic E-state index is -0.224. The second kappa shape index (κ2) is 7.58. The lowest BCUT2D eigenvalue weighted by atomic mass is 9.90. The molecule has 0 aromatic rings. The fourth-order valence-electron chi connectivity index (χ4n) is 2.85. The smallest absolute Gasteiger partial charge is 0.168 e. The van der Waals surface area contributed by atoms with Crippen molar-refractivity contribution in [3.05, 3.63) is 0 Å². The fourth-order valence-corrected chi connectivity index (χ4v) is 2.85. The van der Waals surface area contributed by atoms with Gasteiger partial charge in [-0.25, -0.2) is 0 Å². The van der Waals surface area contributed by atoms with Crippen LogP contribution >= 0.6 is 0 Å². The van der Waals surface area contributed by atoms with Crippen LogP contribution in [-0.4, -0.2) is 44.8 Å². The molecule has 0 radical (unpaired) electrons. The molecule has 0 amide bonds. The normalized spacial score (nSPS) is 23.5. The number of hydrogen-bond acceptors (Lipinski definition) is 4. The Kier molecular flexibility index (Phi) is 6.07. The zero-order valence-corrected chi connectivity index (χ0v) is 12.5. The highest BCUT2D eigenvalue weighted by atomic mass is 16.7. The highest BCUT2D eigenvalue weighted by Gasteiger charge is 2.39. The summed E-state index contributed by atoms with van der Waals surface area (Å²) in [5.74, 6) is 0.410. The van der Waals surface area contributed by atoms with Gasteiger partial charge >= 0.3 is 0 Å². The lowest BCUT2D eigenvalue weighted by Gasteiger charge is -2.35. The molecule has 1 aliphatic carbocycles. The molecule has 1 spiro atoms. The quantitative estimate of drug-likeness (QED) is 0.721. The van der Waals surface area contributed by atoms with Gasteiger partial charge in [-0.15, -0.1) is 0 Å². The minimum absolute atomic E-state index is 0.224. The van der Waals surface area contributed by atoms with Gasteiger partial charge in [-0.05, 0) is 31.7 Å². The SMILES string of the molecule is CC(C)COCCCNC1CCC2(CC1)OCCO2. The van der Waals surface area contributed by atoms with Crippen LogP contribution in [0.15, 0.2) is 0 Å². The molecule has 4 heteroatoms. The van der Waals surface area contributed by atoms with Gasteiger partial charge in [0.1, 0.15) is 0 Å². The topological polar surface area (TPSA) is 39.7 Å². The van der Waals surface area contributed by atoms with Gasteiger partial charge in [0.2, 0.25) is 0 Å². The van der Waals surface area contributed by atoms with Crippen LogP contribution < -0.4 is 5.32 Å². The van der Waals surface area contributed by atoms with E-state index < -0.39 is 0 Å². The number of rotatable bonds is 7. The summed E-state index contributed by atoms with van der Waals surface area (Å²) >= 11 is 0. The maximum absolute atomic E-state index is 5.74. The van der Waals surface area contributed by atoms with Crippen molar-refractivity contribution in [2.75, 3.05) is 33.0 Å². The van der Waals surface area contributed by atoms with E-state index >= 15 is 0 Å². The predicted octanol–water partition coefficient (Wildman–Crippen LogP) is 2.32. The van der Waals surface area contributed by atoms with Crippen molar-refractivity contribution < 1.29 is 14.2 Å². The first kappa shape index (κ1) is 15.2. The third kappa shape index (κ3) is 5.03. The fraction of sp³-hybridized carbons (Fsp3) is 1.00. The molecule has 112 valence electrons. The molecule has 0 aromatic carbocycles. The van der Waals surface area contributed by atoms with Gasteiger partial charge in [-0.1, -0.05) is 13.8 Å². The Balaban J connectivity index is 1.49. The summed E-state index contributed by atoms with van der Waals surface area (Å²) < 4.78 is 17.1. The molecule has 0 aromatic heterocycles. The average Bonchev–Trinajstić information content (AvgIpc) is 2.84. The van der Waals surface area contributed by atoms with Crippen molar-refractivity contribution in [2.45, 2.75) is 57.8 Å². The first-order chi connectivity index (χ1) is 9.20. The molecule has 1 saturated carbocycles. The predicted molar refractivity (Wildman–Crippen MR) is 75.2 cm³/mol. The molecule has 2 fully saturated rings. The maximum atomic E-state index is 5.74. The van der Waals surface area contributed by atoms with Gasteiger partial charge in [0.15, 0.2) is 5.79 Å². The summed E-state index contributed by atoms with van der Waals surface area (Å²) in [5.41, 5.74) is 0. The van der Waals surface area contributed by atoms with Gasteiger partial charge in [0.25, 0.3) is 0 Å². The second-order valence-corrected chi connectivity index (χ2v) is 6.16. The van der Waals surface area contributed by atoms with E-state index in [-0.39, 0.29) is 5.79 Å². The van der Waals surface area contributed by atoms with Crippen LogP contribution in [0.3, 0.4) is 0 Å². The molecule has 0 bridgehead atoms. The second-order valence-electron chi connectivity index (χ2n) is 6.16. The van der Waals surface area contributed by atoms with Crippen LogP contribution in [0.25, 0.3) is 0 Å². The lowest BCUT2D eigenvalue weighted by molar-refractivity contribution is -0.179. The van der Waals surface area contributed by atoms with Crippen LogP contribution in [0.5, 0.6) is 0 Å².